The maximum Gasteiger partial charge on any atom is 0.0992 e. The number of anilines is 1. The molecule has 0 atom stereocenters. The van der Waals surface area contributed by atoms with Crippen LogP contribution in [-0.2, 0) is 0 Å². The summed E-state index contributed by atoms with van der Waals surface area (Å²) in [5.41, 5.74) is 4.18. The van der Waals surface area contributed by atoms with Crippen molar-refractivity contribution in [3.8, 4) is 6.07 Å². The molecule has 0 aliphatic carbocycles. The van der Waals surface area contributed by atoms with Crippen LogP contribution in [0.1, 0.15) is 12.5 Å². The molecule has 0 spiro atoms. The largest absolute Gasteiger partial charge is 0.381 e. The van der Waals surface area contributed by atoms with Gasteiger partial charge in [0.15, 0.2) is 0 Å². The van der Waals surface area contributed by atoms with Crippen molar-refractivity contribution in [1.29, 1.82) is 5.26 Å². The Labute approximate surface area is 88.8 Å². The summed E-state index contributed by atoms with van der Waals surface area (Å²) in [7, 11) is 0. The first kappa shape index (κ1) is 10.6. The van der Waals surface area contributed by atoms with E-state index in [1.807, 2.05) is 25.1 Å². The van der Waals surface area contributed by atoms with Crippen LogP contribution >= 0.6 is 11.6 Å². The van der Waals surface area contributed by atoms with Gasteiger partial charge in [0, 0.05) is 17.8 Å². The number of hydrogen-bond donors (Lipinski definition) is 1. The Morgan fingerprint density at radius 3 is 3.07 bits per heavy atom. The fraction of sp³-hybridized carbons (Fsp3) is 0.182. The zero-order valence-electron chi connectivity index (χ0n) is 7.92. The van der Waals surface area contributed by atoms with Crippen LogP contribution in [0.5, 0.6) is 0 Å². The first-order valence-corrected chi connectivity index (χ1v) is 4.70. The van der Waals surface area contributed by atoms with Gasteiger partial charge in [-0.2, -0.15) is 5.26 Å². The zero-order valence-corrected chi connectivity index (χ0v) is 8.67. The number of benzene rings is 1. The van der Waals surface area contributed by atoms with E-state index in [2.05, 4.69) is 11.4 Å². The Bertz CT molecular complexity index is 377. The van der Waals surface area contributed by atoms with Crippen molar-refractivity contribution < 1.29 is 0 Å². The molecule has 0 heterocycles. The summed E-state index contributed by atoms with van der Waals surface area (Å²) >= 11 is 5.52. The highest BCUT2D eigenvalue weighted by atomic mass is 35.5. The van der Waals surface area contributed by atoms with Gasteiger partial charge in [0.2, 0.25) is 0 Å². The average Bonchev–Trinajstić information content (AvgIpc) is 2.26. The molecule has 0 aliphatic heterocycles. The van der Waals surface area contributed by atoms with E-state index in [1.54, 1.807) is 11.6 Å². The third kappa shape index (κ3) is 3.12. The summed E-state index contributed by atoms with van der Waals surface area (Å²) < 4.78 is 0. The van der Waals surface area contributed by atoms with E-state index in [1.165, 1.54) is 0 Å². The van der Waals surface area contributed by atoms with Gasteiger partial charge in [0.25, 0.3) is 0 Å². The summed E-state index contributed by atoms with van der Waals surface area (Å²) in [5.74, 6) is 0. The molecule has 1 aromatic carbocycles. The number of halogens is 1. The van der Waals surface area contributed by atoms with E-state index >= 15 is 0 Å². The quantitative estimate of drug-likeness (QED) is 0.825. The Hall–Kier alpha value is -1.46. The van der Waals surface area contributed by atoms with Gasteiger partial charge in [-0.05, 0) is 30.7 Å². The highest BCUT2D eigenvalue weighted by molar-refractivity contribution is 6.25. The first-order chi connectivity index (χ1) is 6.76. The van der Waals surface area contributed by atoms with E-state index in [4.69, 9.17) is 16.9 Å². The molecule has 1 N–H and O–H groups in total. The molecule has 0 saturated heterocycles. The molecule has 0 fully saturated rings. The predicted octanol–water partition coefficient (Wildman–Crippen LogP) is 3.11. The summed E-state index contributed by atoms with van der Waals surface area (Å²) in [6.45, 7) is 2.63. The lowest BCUT2D eigenvalue weighted by molar-refractivity contribution is 1.21. The first-order valence-electron chi connectivity index (χ1n) is 4.26. The van der Waals surface area contributed by atoms with Crippen LogP contribution in [0.3, 0.4) is 0 Å². The molecule has 1 aromatic rings. The van der Waals surface area contributed by atoms with Gasteiger partial charge in [0.1, 0.15) is 0 Å². The maximum atomic E-state index is 8.68. The molecule has 0 bridgehead atoms. The van der Waals surface area contributed by atoms with Crippen LogP contribution in [0, 0.1) is 11.3 Å². The van der Waals surface area contributed by atoms with Gasteiger partial charge in [-0.25, -0.2) is 0 Å². The topological polar surface area (TPSA) is 35.8 Å². The molecule has 3 heteroatoms. The van der Waals surface area contributed by atoms with E-state index in [0.29, 0.717) is 12.1 Å². The second-order valence-corrected chi connectivity index (χ2v) is 3.22. The SMILES string of the molecule is C/C(=C/Cl)CNc1cccc(C#N)c1. The highest BCUT2D eigenvalue weighted by Gasteiger charge is 1.94. The number of nitriles is 1. The third-order valence-corrected chi connectivity index (χ3v) is 2.12. The number of nitrogens with one attached hydrogen (secondary N) is 1. The second kappa shape index (κ2) is 5.31. The van der Waals surface area contributed by atoms with Crippen molar-refractivity contribution in [2.24, 2.45) is 0 Å². The van der Waals surface area contributed by atoms with Gasteiger partial charge < -0.3 is 5.32 Å². The van der Waals surface area contributed by atoms with Gasteiger partial charge in [-0.1, -0.05) is 17.7 Å². The number of nitrogens with zero attached hydrogens (tertiary/aromatic N) is 1. The van der Waals surface area contributed by atoms with Crippen LogP contribution < -0.4 is 5.32 Å². The van der Waals surface area contributed by atoms with E-state index in [9.17, 15) is 0 Å². The molecule has 0 aromatic heterocycles. The minimum Gasteiger partial charge on any atom is -0.381 e. The Morgan fingerprint density at radius 1 is 1.64 bits per heavy atom. The minimum absolute atomic E-state index is 0.655. The molecule has 2 nitrogen and oxygen atoms in total. The van der Waals surface area contributed by atoms with Crippen LogP contribution in [0.4, 0.5) is 5.69 Å². The Kier molecular flexibility index (Phi) is 4.03. The highest BCUT2D eigenvalue weighted by Crippen LogP contribution is 2.10. The summed E-state index contributed by atoms with van der Waals surface area (Å²) in [4.78, 5) is 0. The monoisotopic (exact) mass is 206 g/mol. The second-order valence-electron chi connectivity index (χ2n) is 3.00. The fourth-order valence-electron chi connectivity index (χ4n) is 0.979. The van der Waals surface area contributed by atoms with Crippen LogP contribution in [0.2, 0.25) is 0 Å². The molecule has 1 rings (SSSR count). The van der Waals surface area contributed by atoms with Gasteiger partial charge in [-0.15, -0.1) is 0 Å². The van der Waals surface area contributed by atoms with Crippen molar-refractivity contribution >= 4 is 17.3 Å². The summed E-state index contributed by atoms with van der Waals surface area (Å²) in [5, 5.41) is 11.8. The number of rotatable bonds is 3. The molecule has 0 unspecified atom stereocenters. The standard InChI is InChI=1S/C11H11ClN2/c1-9(6-12)8-14-11-4-2-3-10(5-11)7-13/h2-6,14H,8H2,1H3/b9-6-. The van der Waals surface area contributed by atoms with Crippen LogP contribution in [-0.4, -0.2) is 6.54 Å². The van der Waals surface area contributed by atoms with Gasteiger partial charge in [-0.3, -0.25) is 0 Å². The van der Waals surface area contributed by atoms with E-state index < -0.39 is 0 Å². The predicted molar refractivity (Wildman–Crippen MR) is 59.3 cm³/mol. The molecular formula is C11H11ClN2. The van der Waals surface area contributed by atoms with Crippen molar-refractivity contribution in [3.63, 3.8) is 0 Å². The molecule has 14 heavy (non-hydrogen) atoms. The lowest BCUT2D eigenvalue weighted by Gasteiger charge is -2.05. The zero-order chi connectivity index (χ0) is 10.4. The van der Waals surface area contributed by atoms with Crippen molar-refractivity contribution in [2.45, 2.75) is 6.92 Å². The van der Waals surface area contributed by atoms with Crippen LogP contribution in [0.15, 0.2) is 35.4 Å². The lowest BCUT2D eigenvalue weighted by Crippen LogP contribution is -2.02. The maximum absolute atomic E-state index is 8.68. The van der Waals surface area contributed by atoms with Crippen molar-refractivity contribution in [3.05, 3.63) is 40.9 Å². The summed E-state index contributed by atoms with van der Waals surface area (Å²) in [6, 6.07) is 9.44. The Balaban J connectivity index is 2.64. The third-order valence-electron chi connectivity index (χ3n) is 1.75. The van der Waals surface area contributed by atoms with Crippen molar-refractivity contribution in [1.82, 2.24) is 0 Å². The summed E-state index contributed by atoms with van der Waals surface area (Å²) in [6.07, 6.45) is 0. The van der Waals surface area contributed by atoms with Gasteiger partial charge in [0.05, 0.1) is 11.6 Å². The lowest BCUT2D eigenvalue weighted by atomic mass is 10.2. The average molecular weight is 207 g/mol. The molecule has 0 amide bonds. The van der Waals surface area contributed by atoms with Gasteiger partial charge >= 0.3 is 0 Å². The molecule has 0 saturated carbocycles. The fourth-order valence-corrected chi connectivity index (χ4v) is 1.06. The number of hydrogen-bond acceptors (Lipinski definition) is 2. The normalized spacial score (nSPS) is 10.8. The van der Waals surface area contributed by atoms with E-state index in [0.717, 1.165) is 11.3 Å². The smallest absolute Gasteiger partial charge is 0.0992 e. The van der Waals surface area contributed by atoms with Crippen LogP contribution in [0.25, 0.3) is 0 Å². The molecule has 0 radical (unpaired) electrons. The van der Waals surface area contributed by atoms with E-state index in [-0.39, 0.29) is 0 Å². The minimum atomic E-state index is 0.655. The molecule has 72 valence electrons. The Morgan fingerprint density at radius 2 is 2.43 bits per heavy atom. The van der Waals surface area contributed by atoms with Crippen molar-refractivity contribution in [2.75, 3.05) is 11.9 Å². The molecule has 0 aliphatic rings. The molecular weight excluding hydrogens is 196 g/mol.